The number of carbonyl (C=O) groups excluding carboxylic acids is 1. The number of hydrogen-bond donors (Lipinski definition) is 3. The Balaban J connectivity index is 2.37. The summed E-state index contributed by atoms with van der Waals surface area (Å²) in [5.41, 5.74) is 1.89. The van der Waals surface area contributed by atoms with Crippen LogP contribution >= 0.6 is 0 Å². The lowest BCUT2D eigenvalue weighted by Crippen LogP contribution is -2.45. The summed E-state index contributed by atoms with van der Waals surface area (Å²) in [4.78, 5) is 11.8. The molecule has 21 heavy (non-hydrogen) atoms. The van der Waals surface area contributed by atoms with Crippen molar-refractivity contribution in [2.75, 3.05) is 6.54 Å². The van der Waals surface area contributed by atoms with Gasteiger partial charge in [-0.2, -0.15) is 0 Å². The van der Waals surface area contributed by atoms with Crippen LogP contribution in [0, 0.1) is 19.8 Å². The van der Waals surface area contributed by atoms with Crippen molar-refractivity contribution in [3.8, 4) is 0 Å². The molecule has 0 aliphatic carbocycles. The van der Waals surface area contributed by atoms with Crippen LogP contribution in [-0.4, -0.2) is 35.0 Å². The van der Waals surface area contributed by atoms with Crippen LogP contribution in [-0.2, 0) is 6.42 Å². The standard InChI is InChI=1S/C15H27N3O3/c1-6-9(2)14(19)8-16-15(20)17-10(3)7-13-11(4)18-21-12(13)5/h9-10,14,19H,6-8H2,1-5H3,(H2,16,17,20). The Bertz CT molecular complexity index is 440. The fraction of sp³-hybridized carbons (Fsp3) is 0.733. The predicted octanol–water partition coefficient (Wildman–Crippen LogP) is 1.93. The molecular weight excluding hydrogens is 270 g/mol. The molecule has 1 aromatic heterocycles. The summed E-state index contributed by atoms with van der Waals surface area (Å²) >= 11 is 0. The third kappa shape index (κ3) is 5.38. The Morgan fingerprint density at radius 1 is 1.38 bits per heavy atom. The van der Waals surface area contributed by atoms with Crippen molar-refractivity contribution in [3.63, 3.8) is 0 Å². The molecule has 0 bridgehead atoms. The van der Waals surface area contributed by atoms with Gasteiger partial charge in [0.05, 0.1) is 11.8 Å². The van der Waals surface area contributed by atoms with E-state index >= 15 is 0 Å². The van der Waals surface area contributed by atoms with Crippen molar-refractivity contribution in [2.24, 2.45) is 5.92 Å². The van der Waals surface area contributed by atoms with Crippen molar-refractivity contribution in [1.82, 2.24) is 15.8 Å². The first kappa shape index (κ1) is 17.5. The molecule has 3 atom stereocenters. The lowest BCUT2D eigenvalue weighted by atomic mass is 10.0. The van der Waals surface area contributed by atoms with E-state index in [1.54, 1.807) is 0 Å². The predicted molar refractivity (Wildman–Crippen MR) is 81.1 cm³/mol. The highest BCUT2D eigenvalue weighted by atomic mass is 16.5. The lowest BCUT2D eigenvalue weighted by molar-refractivity contribution is 0.114. The summed E-state index contributed by atoms with van der Waals surface area (Å²) in [5.74, 6) is 0.957. The van der Waals surface area contributed by atoms with Gasteiger partial charge < -0.3 is 20.3 Å². The number of rotatable bonds is 7. The van der Waals surface area contributed by atoms with E-state index in [0.717, 1.165) is 23.4 Å². The molecule has 0 aliphatic rings. The van der Waals surface area contributed by atoms with Crippen LogP contribution in [0.5, 0.6) is 0 Å². The Hall–Kier alpha value is -1.56. The molecule has 1 aromatic rings. The van der Waals surface area contributed by atoms with Gasteiger partial charge in [0.25, 0.3) is 0 Å². The van der Waals surface area contributed by atoms with Gasteiger partial charge in [-0.25, -0.2) is 4.79 Å². The molecule has 1 heterocycles. The quantitative estimate of drug-likeness (QED) is 0.717. The number of aryl methyl sites for hydroxylation is 2. The summed E-state index contributed by atoms with van der Waals surface area (Å²) in [7, 11) is 0. The summed E-state index contributed by atoms with van der Waals surface area (Å²) in [6.45, 7) is 9.92. The van der Waals surface area contributed by atoms with Crippen LogP contribution in [0.1, 0.15) is 44.2 Å². The number of nitrogens with one attached hydrogen (secondary N) is 2. The highest BCUT2D eigenvalue weighted by Gasteiger charge is 2.16. The Kier molecular flexibility index (Phi) is 6.68. The molecule has 0 fully saturated rings. The number of aliphatic hydroxyl groups is 1. The third-order valence-electron chi connectivity index (χ3n) is 3.84. The monoisotopic (exact) mass is 297 g/mol. The first-order chi connectivity index (χ1) is 9.85. The summed E-state index contributed by atoms with van der Waals surface area (Å²) in [6.07, 6.45) is 1.04. The van der Waals surface area contributed by atoms with Crippen molar-refractivity contribution in [2.45, 2.75) is 59.6 Å². The zero-order chi connectivity index (χ0) is 16.0. The normalized spacial score (nSPS) is 15.3. The van der Waals surface area contributed by atoms with E-state index in [2.05, 4.69) is 15.8 Å². The summed E-state index contributed by atoms with van der Waals surface area (Å²) in [6, 6.07) is -0.306. The maximum atomic E-state index is 11.8. The van der Waals surface area contributed by atoms with Crippen molar-refractivity contribution in [3.05, 3.63) is 17.0 Å². The number of nitrogens with zero attached hydrogens (tertiary/aromatic N) is 1. The number of aliphatic hydroxyl groups excluding tert-OH is 1. The number of carbonyl (C=O) groups is 1. The topological polar surface area (TPSA) is 87.4 Å². The van der Waals surface area contributed by atoms with Gasteiger partial charge in [-0.05, 0) is 33.1 Å². The van der Waals surface area contributed by atoms with E-state index < -0.39 is 6.10 Å². The number of hydrogen-bond acceptors (Lipinski definition) is 4. The summed E-state index contributed by atoms with van der Waals surface area (Å²) in [5, 5.41) is 19.3. The van der Waals surface area contributed by atoms with E-state index in [9.17, 15) is 9.90 Å². The third-order valence-corrected chi connectivity index (χ3v) is 3.84. The lowest BCUT2D eigenvalue weighted by Gasteiger charge is -2.19. The zero-order valence-corrected chi connectivity index (χ0v) is 13.6. The van der Waals surface area contributed by atoms with E-state index in [1.165, 1.54) is 0 Å². The molecule has 1 rings (SSSR count). The molecule has 0 aromatic carbocycles. The van der Waals surface area contributed by atoms with Gasteiger partial charge in [0.1, 0.15) is 5.76 Å². The van der Waals surface area contributed by atoms with Crippen LogP contribution in [0.25, 0.3) is 0 Å². The molecule has 3 unspecified atom stereocenters. The van der Waals surface area contributed by atoms with Crippen LogP contribution in [0.4, 0.5) is 4.79 Å². The summed E-state index contributed by atoms with van der Waals surface area (Å²) < 4.78 is 5.11. The molecule has 0 aliphatic heterocycles. The van der Waals surface area contributed by atoms with E-state index in [4.69, 9.17) is 4.52 Å². The van der Waals surface area contributed by atoms with Crippen LogP contribution in [0.2, 0.25) is 0 Å². The molecule has 0 spiro atoms. The van der Waals surface area contributed by atoms with Crippen LogP contribution < -0.4 is 10.6 Å². The second-order valence-corrected chi connectivity index (χ2v) is 5.72. The Morgan fingerprint density at radius 2 is 2.05 bits per heavy atom. The van der Waals surface area contributed by atoms with Gasteiger partial charge in [0, 0.05) is 18.2 Å². The first-order valence-electron chi connectivity index (χ1n) is 7.49. The van der Waals surface area contributed by atoms with Crippen molar-refractivity contribution in [1.29, 1.82) is 0 Å². The number of urea groups is 1. The van der Waals surface area contributed by atoms with Crippen LogP contribution in [0.3, 0.4) is 0 Å². The Labute approximate surface area is 126 Å². The molecule has 6 heteroatoms. The highest BCUT2D eigenvalue weighted by molar-refractivity contribution is 5.74. The molecule has 120 valence electrons. The molecule has 0 saturated heterocycles. The van der Waals surface area contributed by atoms with E-state index in [0.29, 0.717) is 6.42 Å². The highest BCUT2D eigenvalue weighted by Crippen LogP contribution is 2.14. The average molecular weight is 297 g/mol. The molecule has 6 nitrogen and oxygen atoms in total. The van der Waals surface area contributed by atoms with Gasteiger partial charge in [-0.3, -0.25) is 0 Å². The first-order valence-corrected chi connectivity index (χ1v) is 7.49. The minimum Gasteiger partial charge on any atom is -0.391 e. The minimum atomic E-state index is -0.515. The van der Waals surface area contributed by atoms with Gasteiger partial charge in [-0.1, -0.05) is 25.4 Å². The van der Waals surface area contributed by atoms with Gasteiger partial charge >= 0.3 is 6.03 Å². The molecule has 0 radical (unpaired) electrons. The van der Waals surface area contributed by atoms with E-state index in [1.807, 2.05) is 34.6 Å². The van der Waals surface area contributed by atoms with Crippen molar-refractivity contribution < 1.29 is 14.4 Å². The fourth-order valence-electron chi connectivity index (χ4n) is 2.10. The minimum absolute atomic E-state index is 0.0393. The largest absolute Gasteiger partial charge is 0.391 e. The fourth-order valence-corrected chi connectivity index (χ4v) is 2.10. The molecule has 0 saturated carbocycles. The SMILES string of the molecule is CCC(C)C(O)CNC(=O)NC(C)Cc1c(C)noc1C. The molecule has 3 N–H and O–H groups in total. The van der Waals surface area contributed by atoms with E-state index in [-0.39, 0.29) is 24.5 Å². The Morgan fingerprint density at radius 3 is 2.57 bits per heavy atom. The maximum Gasteiger partial charge on any atom is 0.315 e. The maximum absolute atomic E-state index is 11.8. The van der Waals surface area contributed by atoms with Crippen molar-refractivity contribution >= 4 is 6.03 Å². The molecule has 2 amide bonds. The average Bonchev–Trinajstić information content (AvgIpc) is 2.75. The second-order valence-electron chi connectivity index (χ2n) is 5.72. The number of aromatic nitrogens is 1. The van der Waals surface area contributed by atoms with Gasteiger partial charge in [0.2, 0.25) is 0 Å². The smallest absolute Gasteiger partial charge is 0.315 e. The second kappa shape index (κ2) is 8.02. The zero-order valence-electron chi connectivity index (χ0n) is 13.6. The number of amides is 2. The van der Waals surface area contributed by atoms with Crippen LogP contribution in [0.15, 0.2) is 4.52 Å². The molecular formula is C15H27N3O3. The van der Waals surface area contributed by atoms with Gasteiger partial charge in [-0.15, -0.1) is 0 Å². The van der Waals surface area contributed by atoms with Gasteiger partial charge in [0.15, 0.2) is 0 Å².